The normalized spacial score (nSPS) is 10.9. The molecule has 1 heterocycles. The summed E-state index contributed by atoms with van der Waals surface area (Å²) in [6.07, 6.45) is 2.77. The third kappa shape index (κ3) is 7.10. The summed E-state index contributed by atoms with van der Waals surface area (Å²) in [6, 6.07) is 21.1. The summed E-state index contributed by atoms with van der Waals surface area (Å²) in [4.78, 5) is 33.7. The van der Waals surface area contributed by atoms with Crippen molar-refractivity contribution in [1.82, 2.24) is 15.0 Å². The first-order valence-electron chi connectivity index (χ1n) is 10.6. The lowest BCUT2D eigenvalue weighted by atomic mass is 10.2. The molecule has 184 valence electrons. The minimum atomic E-state index is -0.496. The Kier molecular flexibility index (Phi) is 7.61. The molecule has 1 aromatic heterocycles. The van der Waals surface area contributed by atoms with E-state index in [1.807, 2.05) is 30.3 Å². The van der Waals surface area contributed by atoms with Crippen LogP contribution in [0.25, 0.3) is 0 Å². The zero-order valence-electron chi connectivity index (χ0n) is 18.9. The summed E-state index contributed by atoms with van der Waals surface area (Å²) in [6.45, 7) is 0. The molecule has 0 unspecified atom stereocenters. The van der Waals surface area contributed by atoms with Gasteiger partial charge in [-0.2, -0.15) is 25.2 Å². The lowest BCUT2D eigenvalue weighted by Gasteiger charge is -2.08. The Morgan fingerprint density at radius 1 is 0.649 bits per heavy atom. The fourth-order valence-corrected chi connectivity index (χ4v) is 2.95. The molecule has 14 heteroatoms. The Hall–Kier alpha value is -5.79. The first-order valence-corrected chi connectivity index (χ1v) is 10.6. The van der Waals surface area contributed by atoms with Gasteiger partial charge in [0.25, 0.3) is 11.4 Å². The Morgan fingerprint density at radius 2 is 1.14 bits per heavy atom. The number of nitro benzene ring substituents is 2. The van der Waals surface area contributed by atoms with E-state index < -0.39 is 9.85 Å². The maximum Gasteiger partial charge on any atom is 0.270 e. The van der Waals surface area contributed by atoms with Gasteiger partial charge < -0.3 is 5.32 Å². The number of anilines is 4. The van der Waals surface area contributed by atoms with Crippen molar-refractivity contribution in [2.45, 2.75) is 0 Å². The van der Waals surface area contributed by atoms with Crippen molar-refractivity contribution in [3.05, 3.63) is 110 Å². The number of aromatic nitrogens is 3. The average molecular weight is 498 g/mol. The SMILES string of the molecule is O=[N+]([O-])c1cccc(/C=N/Nc2nc(N/N=C/c3cccc([N+](=O)[O-])c3)nc(Nc3ccccc3)n2)c1. The van der Waals surface area contributed by atoms with Crippen molar-refractivity contribution >= 4 is 47.3 Å². The van der Waals surface area contributed by atoms with Gasteiger partial charge in [-0.05, 0) is 12.1 Å². The van der Waals surface area contributed by atoms with E-state index in [1.54, 1.807) is 24.3 Å². The molecule has 3 N–H and O–H groups in total. The van der Waals surface area contributed by atoms with Gasteiger partial charge in [-0.15, -0.1) is 0 Å². The van der Waals surface area contributed by atoms with Gasteiger partial charge in [0, 0.05) is 41.1 Å². The number of benzene rings is 3. The van der Waals surface area contributed by atoms with Crippen molar-refractivity contribution in [3.8, 4) is 0 Å². The van der Waals surface area contributed by atoms with Crippen molar-refractivity contribution in [2.24, 2.45) is 10.2 Å². The van der Waals surface area contributed by atoms with Crippen molar-refractivity contribution < 1.29 is 9.85 Å². The Balaban J connectivity index is 1.53. The van der Waals surface area contributed by atoms with Crippen LogP contribution in [0.5, 0.6) is 0 Å². The quantitative estimate of drug-likeness (QED) is 0.161. The second-order valence-electron chi connectivity index (χ2n) is 7.24. The molecule has 0 saturated heterocycles. The number of nitrogens with one attached hydrogen (secondary N) is 3. The highest BCUT2D eigenvalue weighted by atomic mass is 16.6. The number of nitrogens with zero attached hydrogens (tertiary/aromatic N) is 7. The number of rotatable bonds is 10. The van der Waals surface area contributed by atoms with E-state index in [0.29, 0.717) is 11.1 Å². The van der Waals surface area contributed by atoms with Gasteiger partial charge in [0.1, 0.15) is 0 Å². The fraction of sp³-hybridized carbons (Fsp3) is 0. The summed E-state index contributed by atoms with van der Waals surface area (Å²) >= 11 is 0. The van der Waals surface area contributed by atoms with Crippen LogP contribution in [-0.4, -0.2) is 37.2 Å². The number of non-ortho nitro benzene ring substituents is 2. The molecule has 0 aliphatic rings. The molecule has 0 aliphatic carbocycles. The summed E-state index contributed by atoms with van der Waals surface area (Å²) in [5, 5.41) is 33.1. The molecular weight excluding hydrogens is 480 g/mol. The predicted octanol–water partition coefficient (Wildman–Crippen LogP) is 4.32. The largest absolute Gasteiger partial charge is 0.324 e. The molecule has 0 bridgehead atoms. The van der Waals surface area contributed by atoms with Gasteiger partial charge in [-0.1, -0.05) is 42.5 Å². The molecule has 0 spiro atoms. The second kappa shape index (κ2) is 11.6. The molecular formula is C23H18N10O4. The molecule has 3 aromatic carbocycles. The van der Waals surface area contributed by atoms with Crippen molar-refractivity contribution in [3.63, 3.8) is 0 Å². The van der Waals surface area contributed by atoms with E-state index >= 15 is 0 Å². The molecule has 4 aromatic rings. The van der Waals surface area contributed by atoms with E-state index in [2.05, 4.69) is 41.3 Å². The van der Waals surface area contributed by atoms with Crippen LogP contribution in [0.3, 0.4) is 0 Å². The maximum absolute atomic E-state index is 11.0. The van der Waals surface area contributed by atoms with Crippen LogP contribution in [0.15, 0.2) is 89.1 Å². The standard InChI is InChI=1S/C23H18N10O4/c34-32(35)19-10-4-6-16(12-19)14-24-30-22-27-21(26-18-8-2-1-3-9-18)28-23(29-22)31-25-15-17-7-5-11-20(13-17)33(36)37/h1-15H,(H3,26,27,28,29,30,31)/b24-14+,25-15+. The highest BCUT2D eigenvalue weighted by Crippen LogP contribution is 2.16. The number of para-hydroxylation sites is 1. The molecule has 0 aliphatic heterocycles. The number of nitro groups is 2. The van der Waals surface area contributed by atoms with Crippen LogP contribution in [0.1, 0.15) is 11.1 Å². The van der Waals surface area contributed by atoms with Crippen LogP contribution in [0.2, 0.25) is 0 Å². The first kappa shape index (κ1) is 24.3. The van der Waals surface area contributed by atoms with Crippen LogP contribution in [-0.2, 0) is 0 Å². The Labute approximate surface area is 209 Å². The number of hydrogen-bond donors (Lipinski definition) is 3. The van der Waals surface area contributed by atoms with Gasteiger partial charge >= 0.3 is 0 Å². The highest BCUT2D eigenvalue weighted by Gasteiger charge is 2.08. The minimum absolute atomic E-state index is 0.0585. The minimum Gasteiger partial charge on any atom is -0.324 e. The summed E-state index contributed by atoms with van der Waals surface area (Å²) in [5.74, 6) is 0.300. The Bertz CT molecular complexity index is 1390. The molecule has 0 amide bonds. The lowest BCUT2D eigenvalue weighted by Crippen LogP contribution is -2.07. The van der Waals surface area contributed by atoms with Gasteiger partial charge in [0.05, 0.1) is 22.3 Å². The number of hydrogen-bond acceptors (Lipinski definition) is 12. The van der Waals surface area contributed by atoms with Crippen molar-refractivity contribution in [1.29, 1.82) is 0 Å². The molecule has 37 heavy (non-hydrogen) atoms. The van der Waals surface area contributed by atoms with Crippen molar-refractivity contribution in [2.75, 3.05) is 16.2 Å². The predicted molar refractivity (Wildman–Crippen MR) is 138 cm³/mol. The molecule has 14 nitrogen and oxygen atoms in total. The fourth-order valence-electron chi connectivity index (χ4n) is 2.95. The van der Waals surface area contributed by atoms with E-state index in [1.165, 1.54) is 36.7 Å². The zero-order chi connectivity index (χ0) is 26.0. The third-order valence-electron chi connectivity index (χ3n) is 4.58. The molecule has 0 atom stereocenters. The zero-order valence-corrected chi connectivity index (χ0v) is 18.9. The summed E-state index contributed by atoms with van der Waals surface area (Å²) in [7, 11) is 0. The molecule has 0 saturated carbocycles. The van der Waals surface area contributed by atoms with E-state index in [9.17, 15) is 20.2 Å². The van der Waals surface area contributed by atoms with Gasteiger partial charge in [0.2, 0.25) is 17.8 Å². The van der Waals surface area contributed by atoms with E-state index in [0.717, 1.165) is 5.69 Å². The highest BCUT2D eigenvalue weighted by molar-refractivity contribution is 5.81. The maximum atomic E-state index is 11.0. The first-order chi connectivity index (χ1) is 18.0. The molecule has 0 fully saturated rings. The summed E-state index contributed by atoms with van der Waals surface area (Å²) < 4.78 is 0. The van der Waals surface area contributed by atoms with Crippen LogP contribution in [0, 0.1) is 20.2 Å². The van der Waals surface area contributed by atoms with E-state index in [4.69, 9.17) is 0 Å². The monoisotopic (exact) mass is 498 g/mol. The van der Waals surface area contributed by atoms with E-state index in [-0.39, 0.29) is 29.2 Å². The van der Waals surface area contributed by atoms with Crippen LogP contribution in [0.4, 0.5) is 34.9 Å². The third-order valence-corrected chi connectivity index (χ3v) is 4.58. The topological polar surface area (TPSA) is 186 Å². The lowest BCUT2D eigenvalue weighted by molar-refractivity contribution is -0.385. The van der Waals surface area contributed by atoms with Gasteiger partial charge in [-0.25, -0.2) is 10.9 Å². The van der Waals surface area contributed by atoms with Crippen LogP contribution < -0.4 is 16.2 Å². The average Bonchev–Trinajstić information content (AvgIpc) is 2.89. The summed E-state index contributed by atoms with van der Waals surface area (Å²) in [5.41, 5.74) is 6.93. The smallest absolute Gasteiger partial charge is 0.270 e. The Morgan fingerprint density at radius 3 is 1.62 bits per heavy atom. The number of hydrazone groups is 2. The van der Waals surface area contributed by atoms with Crippen LogP contribution >= 0.6 is 0 Å². The van der Waals surface area contributed by atoms with Gasteiger partial charge in [0.15, 0.2) is 0 Å². The second-order valence-corrected chi connectivity index (χ2v) is 7.24. The molecule has 0 radical (unpaired) electrons. The molecule has 4 rings (SSSR count). The van der Waals surface area contributed by atoms with Gasteiger partial charge in [-0.3, -0.25) is 20.2 Å².